The van der Waals surface area contributed by atoms with Crippen LogP contribution >= 0.6 is 12.6 Å². The molecule has 2 nitrogen and oxygen atoms in total. The SMILES string of the molecule is COC(S)CC(C)C1CCC(O)CC1. The van der Waals surface area contributed by atoms with Crippen LogP contribution < -0.4 is 0 Å². The molecule has 0 aliphatic heterocycles. The molecule has 0 heterocycles. The maximum Gasteiger partial charge on any atom is 0.0998 e. The van der Waals surface area contributed by atoms with E-state index in [2.05, 4.69) is 19.6 Å². The first kappa shape index (κ1) is 12.3. The highest BCUT2D eigenvalue weighted by atomic mass is 32.1. The molecule has 1 aliphatic rings. The fourth-order valence-electron chi connectivity index (χ4n) is 2.28. The monoisotopic (exact) mass is 218 g/mol. The maximum absolute atomic E-state index is 9.40. The first-order chi connectivity index (χ1) is 6.63. The molecule has 1 rings (SSSR count). The van der Waals surface area contributed by atoms with E-state index in [9.17, 15) is 5.11 Å². The summed E-state index contributed by atoms with van der Waals surface area (Å²) < 4.78 is 5.15. The molecule has 0 aromatic heterocycles. The fourth-order valence-corrected chi connectivity index (χ4v) is 2.61. The molecule has 84 valence electrons. The minimum Gasteiger partial charge on any atom is -0.393 e. The highest BCUT2D eigenvalue weighted by Crippen LogP contribution is 2.32. The number of hydrogen-bond donors (Lipinski definition) is 2. The van der Waals surface area contributed by atoms with E-state index in [-0.39, 0.29) is 11.5 Å². The number of thiol groups is 1. The van der Waals surface area contributed by atoms with Crippen LogP contribution in [0.1, 0.15) is 39.0 Å². The molecular formula is C11H22O2S. The Hall–Kier alpha value is 0.270. The summed E-state index contributed by atoms with van der Waals surface area (Å²) in [6.07, 6.45) is 5.23. The average Bonchev–Trinajstić information content (AvgIpc) is 2.18. The lowest BCUT2D eigenvalue weighted by atomic mass is 9.78. The first-order valence-corrected chi connectivity index (χ1v) is 6.04. The summed E-state index contributed by atoms with van der Waals surface area (Å²) >= 11 is 4.34. The standard InChI is InChI=1S/C11H22O2S/c1-8(7-11(14)13-2)9-3-5-10(12)6-4-9/h8-12,14H,3-7H2,1-2H3. The molecule has 1 fully saturated rings. The largest absolute Gasteiger partial charge is 0.393 e. The lowest BCUT2D eigenvalue weighted by Crippen LogP contribution is -2.24. The molecular weight excluding hydrogens is 196 g/mol. The lowest BCUT2D eigenvalue weighted by molar-refractivity contribution is 0.0797. The first-order valence-electron chi connectivity index (χ1n) is 5.52. The number of aliphatic hydroxyl groups excluding tert-OH is 1. The zero-order valence-corrected chi connectivity index (χ0v) is 10.0. The van der Waals surface area contributed by atoms with Crippen molar-refractivity contribution in [2.75, 3.05) is 7.11 Å². The van der Waals surface area contributed by atoms with E-state index in [1.54, 1.807) is 7.11 Å². The van der Waals surface area contributed by atoms with Crippen molar-refractivity contribution in [3.63, 3.8) is 0 Å². The Kier molecular flexibility index (Phi) is 5.28. The van der Waals surface area contributed by atoms with Crippen molar-refractivity contribution in [2.45, 2.75) is 50.6 Å². The number of ether oxygens (including phenoxy) is 1. The second-order valence-corrected chi connectivity index (χ2v) is 5.05. The van der Waals surface area contributed by atoms with Gasteiger partial charge in [0.15, 0.2) is 0 Å². The number of hydrogen-bond acceptors (Lipinski definition) is 3. The van der Waals surface area contributed by atoms with Crippen LogP contribution in [0.4, 0.5) is 0 Å². The van der Waals surface area contributed by atoms with Gasteiger partial charge in [0.25, 0.3) is 0 Å². The van der Waals surface area contributed by atoms with Gasteiger partial charge in [-0.15, -0.1) is 12.6 Å². The Morgan fingerprint density at radius 1 is 1.36 bits per heavy atom. The predicted octanol–water partition coefficient (Wildman–Crippen LogP) is 2.47. The third-order valence-corrected chi connectivity index (χ3v) is 3.81. The number of methoxy groups -OCH3 is 1. The van der Waals surface area contributed by atoms with Crippen molar-refractivity contribution < 1.29 is 9.84 Å². The van der Waals surface area contributed by atoms with Crippen molar-refractivity contribution in [1.82, 2.24) is 0 Å². The van der Waals surface area contributed by atoms with Crippen LogP contribution in [0.3, 0.4) is 0 Å². The van der Waals surface area contributed by atoms with Gasteiger partial charge in [-0.2, -0.15) is 0 Å². The van der Waals surface area contributed by atoms with Crippen molar-refractivity contribution in [3.05, 3.63) is 0 Å². The predicted molar refractivity (Wildman–Crippen MR) is 61.5 cm³/mol. The highest BCUT2D eigenvalue weighted by Gasteiger charge is 2.25. The second kappa shape index (κ2) is 5.99. The van der Waals surface area contributed by atoms with Crippen LogP contribution in [0, 0.1) is 11.8 Å². The van der Waals surface area contributed by atoms with Gasteiger partial charge >= 0.3 is 0 Å². The van der Waals surface area contributed by atoms with E-state index in [0.29, 0.717) is 5.92 Å². The van der Waals surface area contributed by atoms with E-state index in [1.165, 1.54) is 0 Å². The maximum atomic E-state index is 9.40. The van der Waals surface area contributed by atoms with E-state index in [0.717, 1.165) is 38.0 Å². The normalized spacial score (nSPS) is 32.6. The summed E-state index contributed by atoms with van der Waals surface area (Å²) in [5.74, 6) is 1.41. The van der Waals surface area contributed by atoms with Gasteiger partial charge in [0.2, 0.25) is 0 Å². The van der Waals surface area contributed by atoms with Crippen molar-refractivity contribution in [3.8, 4) is 0 Å². The van der Waals surface area contributed by atoms with Gasteiger partial charge in [-0.25, -0.2) is 0 Å². The Bertz CT molecular complexity index is 155. The Morgan fingerprint density at radius 2 is 1.93 bits per heavy atom. The van der Waals surface area contributed by atoms with Gasteiger partial charge in [0.05, 0.1) is 11.5 Å². The summed E-state index contributed by atoms with van der Waals surface area (Å²) in [5.41, 5.74) is 0.0665. The quantitative estimate of drug-likeness (QED) is 0.561. The van der Waals surface area contributed by atoms with Gasteiger partial charge in [-0.05, 0) is 43.9 Å². The van der Waals surface area contributed by atoms with E-state index < -0.39 is 0 Å². The molecule has 2 atom stereocenters. The van der Waals surface area contributed by atoms with Crippen molar-refractivity contribution >= 4 is 12.6 Å². The zero-order chi connectivity index (χ0) is 10.6. The minimum atomic E-state index is -0.0485. The van der Waals surface area contributed by atoms with Crippen molar-refractivity contribution in [2.24, 2.45) is 11.8 Å². The third-order valence-electron chi connectivity index (χ3n) is 3.39. The molecule has 0 aromatic rings. The molecule has 0 aromatic carbocycles. The van der Waals surface area contributed by atoms with Crippen LogP contribution in [-0.4, -0.2) is 23.8 Å². The molecule has 0 radical (unpaired) electrons. The molecule has 14 heavy (non-hydrogen) atoms. The number of rotatable bonds is 4. The molecule has 3 heteroatoms. The molecule has 1 N–H and O–H groups in total. The number of aliphatic hydroxyl groups is 1. The van der Waals surface area contributed by atoms with E-state index in [1.807, 2.05) is 0 Å². The van der Waals surface area contributed by atoms with Crippen LogP contribution in [0.5, 0.6) is 0 Å². The molecule has 2 unspecified atom stereocenters. The fraction of sp³-hybridized carbons (Fsp3) is 1.00. The van der Waals surface area contributed by atoms with Gasteiger partial charge in [-0.1, -0.05) is 6.92 Å². The topological polar surface area (TPSA) is 29.5 Å². The Labute approximate surface area is 92.4 Å². The Morgan fingerprint density at radius 3 is 2.43 bits per heavy atom. The van der Waals surface area contributed by atoms with Crippen molar-refractivity contribution in [1.29, 1.82) is 0 Å². The minimum absolute atomic E-state index is 0.0485. The van der Waals surface area contributed by atoms with E-state index in [4.69, 9.17) is 4.74 Å². The van der Waals surface area contributed by atoms with Gasteiger partial charge < -0.3 is 9.84 Å². The van der Waals surface area contributed by atoms with Crippen LogP contribution in [-0.2, 0) is 4.74 Å². The zero-order valence-electron chi connectivity index (χ0n) is 9.15. The highest BCUT2D eigenvalue weighted by molar-refractivity contribution is 7.80. The average molecular weight is 218 g/mol. The molecule has 0 saturated heterocycles. The van der Waals surface area contributed by atoms with Gasteiger partial charge in [-0.3, -0.25) is 0 Å². The molecule has 0 spiro atoms. The third kappa shape index (κ3) is 3.79. The summed E-state index contributed by atoms with van der Waals surface area (Å²) in [5, 5.41) is 9.40. The lowest BCUT2D eigenvalue weighted by Gasteiger charge is -2.31. The summed E-state index contributed by atoms with van der Waals surface area (Å²) in [7, 11) is 1.70. The van der Waals surface area contributed by atoms with Crippen LogP contribution in [0.15, 0.2) is 0 Å². The van der Waals surface area contributed by atoms with Gasteiger partial charge in [0, 0.05) is 7.11 Å². The summed E-state index contributed by atoms with van der Waals surface area (Å²) in [6, 6.07) is 0. The van der Waals surface area contributed by atoms with Crippen LogP contribution in [0.25, 0.3) is 0 Å². The van der Waals surface area contributed by atoms with Gasteiger partial charge in [0.1, 0.15) is 0 Å². The molecule has 1 saturated carbocycles. The Balaban J connectivity index is 2.26. The summed E-state index contributed by atoms with van der Waals surface area (Å²) in [4.78, 5) is 0. The summed E-state index contributed by atoms with van der Waals surface area (Å²) in [6.45, 7) is 2.27. The second-order valence-electron chi connectivity index (χ2n) is 4.47. The van der Waals surface area contributed by atoms with Crippen LogP contribution in [0.2, 0.25) is 0 Å². The smallest absolute Gasteiger partial charge is 0.0998 e. The molecule has 0 bridgehead atoms. The van der Waals surface area contributed by atoms with E-state index >= 15 is 0 Å². The molecule has 0 amide bonds. The molecule has 1 aliphatic carbocycles.